The van der Waals surface area contributed by atoms with E-state index in [1.165, 1.54) is 36.0 Å². The predicted octanol–water partition coefficient (Wildman–Crippen LogP) is 2.07. The topological polar surface area (TPSA) is 61.9 Å². The number of amides is 2. The fraction of sp³-hybridized carbons (Fsp3) is 0.600. The normalized spacial score (nSPS) is 18.8. The van der Waals surface area contributed by atoms with Gasteiger partial charge in [-0.1, -0.05) is 0 Å². The van der Waals surface area contributed by atoms with Gasteiger partial charge in [0.2, 0.25) is 11.8 Å². The van der Waals surface area contributed by atoms with Crippen LogP contribution < -0.4 is 5.32 Å². The Balaban J connectivity index is 1.30. The van der Waals surface area contributed by atoms with Crippen molar-refractivity contribution in [2.45, 2.75) is 12.8 Å². The molecule has 2 aliphatic heterocycles. The van der Waals surface area contributed by atoms with Crippen LogP contribution in [-0.4, -0.2) is 79.1 Å². The third-order valence-corrected chi connectivity index (χ3v) is 6.09. The van der Waals surface area contributed by atoms with Crippen molar-refractivity contribution in [3.8, 4) is 0 Å². The van der Waals surface area contributed by atoms with E-state index in [0.29, 0.717) is 17.4 Å². The summed E-state index contributed by atoms with van der Waals surface area (Å²) in [4.78, 5) is 28.7. The van der Waals surface area contributed by atoms with Crippen molar-refractivity contribution in [2.75, 3.05) is 62.8 Å². The van der Waals surface area contributed by atoms with Crippen LogP contribution in [0.1, 0.15) is 12.8 Å². The maximum atomic E-state index is 12.9. The lowest BCUT2D eigenvalue weighted by atomic mass is 9.96. The number of carbonyl (C=O) groups excluding carboxylic acids is 2. The zero-order valence-electron chi connectivity index (χ0n) is 16.1. The van der Waals surface area contributed by atoms with Crippen LogP contribution in [0, 0.1) is 11.7 Å². The Kier molecular flexibility index (Phi) is 8.12. The van der Waals surface area contributed by atoms with Gasteiger partial charge in [-0.2, -0.15) is 0 Å². The van der Waals surface area contributed by atoms with Crippen LogP contribution in [0.4, 0.5) is 10.1 Å². The first kappa shape index (κ1) is 21.1. The molecule has 154 valence electrons. The van der Waals surface area contributed by atoms with Gasteiger partial charge < -0.3 is 15.0 Å². The van der Waals surface area contributed by atoms with Crippen molar-refractivity contribution in [1.82, 2.24) is 9.80 Å². The summed E-state index contributed by atoms with van der Waals surface area (Å²) in [5.74, 6) is 0.739. The number of ether oxygens (including phenoxy) is 1. The highest BCUT2D eigenvalue weighted by Crippen LogP contribution is 2.20. The van der Waals surface area contributed by atoms with Crippen LogP contribution >= 0.6 is 11.8 Å². The molecule has 0 bridgehead atoms. The molecule has 2 saturated heterocycles. The number of rotatable bonds is 7. The minimum atomic E-state index is -0.341. The first-order valence-corrected chi connectivity index (χ1v) is 11.0. The number of hydrogen-bond donors (Lipinski definition) is 1. The lowest BCUT2D eigenvalue weighted by molar-refractivity contribution is -0.129. The van der Waals surface area contributed by atoms with E-state index >= 15 is 0 Å². The number of thioether (sulfide) groups is 1. The van der Waals surface area contributed by atoms with Crippen LogP contribution in [0.15, 0.2) is 24.3 Å². The number of piperidine rings is 1. The van der Waals surface area contributed by atoms with Crippen molar-refractivity contribution in [3.63, 3.8) is 0 Å². The van der Waals surface area contributed by atoms with E-state index in [2.05, 4.69) is 10.2 Å². The SMILES string of the molecule is O=C(CSCC(=O)N1CCC(CN2CCOCC2)CC1)Nc1ccc(F)cc1. The Morgan fingerprint density at radius 1 is 1.07 bits per heavy atom. The first-order valence-electron chi connectivity index (χ1n) is 9.81. The molecule has 2 amide bonds. The molecular formula is C20H28FN3O3S. The summed E-state index contributed by atoms with van der Waals surface area (Å²) in [5.41, 5.74) is 0.556. The largest absolute Gasteiger partial charge is 0.379 e. The van der Waals surface area contributed by atoms with E-state index in [0.717, 1.165) is 58.8 Å². The van der Waals surface area contributed by atoms with E-state index in [4.69, 9.17) is 4.74 Å². The average Bonchev–Trinajstić information content (AvgIpc) is 2.71. The number of nitrogens with zero attached hydrogens (tertiary/aromatic N) is 2. The summed E-state index contributed by atoms with van der Waals surface area (Å²) in [6, 6.07) is 5.64. The third kappa shape index (κ3) is 6.76. The smallest absolute Gasteiger partial charge is 0.234 e. The van der Waals surface area contributed by atoms with Crippen LogP contribution in [0.25, 0.3) is 0 Å². The summed E-state index contributed by atoms with van der Waals surface area (Å²) in [6.07, 6.45) is 2.08. The lowest BCUT2D eigenvalue weighted by Crippen LogP contribution is -2.44. The van der Waals surface area contributed by atoms with Gasteiger partial charge in [0, 0.05) is 38.4 Å². The second kappa shape index (κ2) is 10.8. The summed E-state index contributed by atoms with van der Waals surface area (Å²) in [6.45, 7) is 6.37. The molecule has 0 radical (unpaired) electrons. The molecule has 8 heteroatoms. The highest BCUT2D eigenvalue weighted by molar-refractivity contribution is 8.00. The van der Waals surface area contributed by atoms with Gasteiger partial charge in [0.25, 0.3) is 0 Å². The van der Waals surface area contributed by atoms with E-state index in [1.807, 2.05) is 4.90 Å². The molecule has 1 N–H and O–H groups in total. The van der Waals surface area contributed by atoms with Gasteiger partial charge in [-0.15, -0.1) is 11.8 Å². The molecule has 2 fully saturated rings. The first-order chi connectivity index (χ1) is 13.6. The van der Waals surface area contributed by atoms with Gasteiger partial charge in [0.15, 0.2) is 0 Å². The van der Waals surface area contributed by atoms with Crippen LogP contribution in [0.2, 0.25) is 0 Å². The number of halogens is 1. The molecule has 0 unspecified atom stereocenters. The Bertz CT molecular complexity index is 645. The van der Waals surface area contributed by atoms with Gasteiger partial charge in [-0.25, -0.2) is 4.39 Å². The quantitative estimate of drug-likeness (QED) is 0.747. The van der Waals surface area contributed by atoms with Gasteiger partial charge >= 0.3 is 0 Å². The van der Waals surface area contributed by atoms with Gasteiger partial charge in [0.05, 0.1) is 24.7 Å². The molecule has 3 rings (SSSR count). The van der Waals surface area contributed by atoms with Gasteiger partial charge in [-0.3, -0.25) is 14.5 Å². The van der Waals surface area contributed by atoms with Crippen molar-refractivity contribution >= 4 is 29.3 Å². The van der Waals surface area contributed by atoms with Gasteiger partial charge in [0.1, 0.15) is 5.82 Å². The predicted molar refractivity (Wildman–Crippen MR) is 109 cm³/mol. The number of anilines is 1. The number of carbonyl (C=O) groups is 2. The van der Waals surface area contributed by atoms with Crippen LogP contribution in [0.3, 0.4) is 0 Å². The third-order valence-electron chi connectivity index (χ3n) is 5.17. The average molecular weight is 410 g/mol. The number of hydrogen-bond acceptors (Lipinski definition) is 5. The summed E-state index contributed by atoms with van der Waals surface area (Å²) in [5, 5.41) is 2.70. The Hall–Kier alpha value is -1.64. The molecule has 1 aromatic rings. The van der Waals surface area contributed by atoms with Gasteiger partial charge in [-0.05, 0) is 43.0 Å². The lowest BCUT2D eigenvalue weighted by Gasteiger charge is -2.36. The molecule has 0 spiro atoms. The number of nitrogens with one attached hydrogen (secondary N) is 1. The molecule has 2 heterocycles. The molecule has 0 aliphatic carbocycles. The Labute approximate surface area is 169 Å². The van der Waals surface area contributed by atoms with E-state index in [1.54, 1.807) is 0 Å². The standard InChI is InChI=1S/C20H28FN3O3S/c21-17-1-3-18(4-2-17)22-19(25)14-28-15-20(26)24-7-5-16(6-8-24)13-23-9-11-27-12-10-23/h1-4,16H,5-15H2,(H,22,25). The summed E-state index contributed by atoms with van der Waals surface area (Å²) < 4.78 is 18.3. The molecule has 28 heavy (non-hydrogen) atoms. The number of morpholine rings is 1. The molecule has 2 aliphatic rings. The van der Waals surface area contributed by atoms with E-state index in [-0.39, 0.29) is 23.4 Å². The number of benzene rings is 1. The molecule has 6 nitrogen and oxygen atoms in total. The monoisotopic (exact) mass is 409 g/mol. The highest BCUT2D eigenvalue weighted by Gasteiger charge is 2.24. The second-order valence-corrected chi connectivity index (χ2v) is 8.27. The maximum absolute atomic E-state index is 12.9. The van der Waals surface area contributed by atoms with Crippen molar-refractivity contribution in [1.29, 1.82) is 0 Å². The summed E-state index contributed by atoms with van der Waals surface area (Å²) >= 11 is 1.32. The van der Waals surface area contributed by atoms with E-state index in [9.17, 15) is 14.0 Å². The maximum Gasteiger partial charge on any atom is 0.234 e. The molecule has 1 aromatic carbocycles. The zero-order chi connectivity index (χ0) is 19.8. The van der Waals surface area contributed by atoms with Crippen LogP contribution in [-0.2, 0) is 14.3 Å². The fourth-order valence-corrected chi connectivity index (χ4v) is 4.28. The highest BCUT2D eigenvalue weighted by atomic mass is 32.2. The molecular weight excluding hydrogens is 381 g/mol. The zero-order valence-corrected chi connectivity index (χ0v) is 16.9. The fourth-order valence-electron chi connectivity index (χ4n) is 3.57. The minimum absolute atomic E-state index is 0.101. The minimum Gasteiger partial charge on any atom is -0.379 e. The van der Waals surface area contributed by atoms with E-state index < -0.39 is 0 Å². The van der Waals surface area contributed by atoms with Crippen molar-refractivity contribution in [3.05, 3.63) is 30.1 Å². The second-order valence-electron chi connectivity index (χ2n) is 7.29. The molecule has 0 saturated carbocycles. The summed E-state index contributed by atoms with van der Waals surface area (Å²) in [7, 11) is 0. The molecule has 0 atom stereocenters. The van der Waals surface area contributed by atoms with Crippen molar-refractivity contribution < 1.29 is 18.7 Å². The Morgan fingerprint density at radius 2 is 1.75 bits per heavy atom. The van der Waals surface area contributed by atoms with Crippen molar-refractivity contribution in [2.24, 2.45) is 5.92 Å². The molecule has 0 aromatic heterocycles. The Morgan fingerprint density at radius 3 is 2.43 bits per heavy atom. The number of likely N-dealkylation sites (tertiary alicyclic amines) is 1. The van der Waals surface area contributed by atoms with Crippen LogP contribution in [0.5, 0.6) is 0 Å².